The Balaban J connectivity index is 2.02. The molecule has 0 spiro atoms. The van der Waals surface area contributed by atoms with E-state index in [-0.39, 0.29) is 12.1 Å². The molecular weight excluding hydrogens is 335 g/mol. The molecule has 2 aromatic carbocycles. The van der Waals surface area contributed by atoms with Crippen LogP contribution in [0.3, 0.4) is 0 Å². The van der Waals surface area contributed by atoms with Crippen molar-refractivity contribution in [3.8, 4) is 11.5 Å². The van der Waals surface area contributed by atoms with Crippen LogP contribution in [0.1, 0.15) is 21.5 Å². The molecule has 0 saturated heterocycles. The lowest BCUT2D eigenvalue weighted by atomic mass is 10.1. The van der Waals surface area contributed by atoms with E-state index in [0.29, 0.717) is 17.9 Å². The number of halogens is 3. The van der Waals surface area contributed by atoms with Crippen molar-refractivity contribution >= 4 is 5.91 Å². The van der Waals surface area contributed by atoms with Gasteiger partial charge in [0.25, 0.3) is 5.91 Å². The Hall–Kier alpha value is -2.70. The summed E-state index contributed by atoms with van der Waals surface area (Å²) in [5.41, 5.74) is -0.469. The smallest absolute Gasteiger partial charge is 0.417 e. The van der Waals surface area contributed by atoms with Gasteiger partial charge in [0.05, 0.1) is 25.3 Å². The van der Waals surface area contributed by atoms with Gasteiger partial charge in [0.15, 0.2) is 11.5 Å². The number of rotatable bonds is 6. The predicted molar refractivity (Wildman–Crippen MR) is 87.0 cm³/mol. The standard InChI is InChI=1S/C18H18F3NO3/c1-24-15-8-7-12(11-16(15)25-2)9-10-22-17(23)13-5-3-4-6-14(13)18(19,20)21/h3-8,11H,9-10H2,1-2H3,(H,22,23). The molecule has 0 heterocycles. The lowest BCUT2D eigenvalue weighted by Gasteiger charge is -2.13. The first-order valence-electron chi connectivity index (χ1n) is 7.52. The van der Waals surface area contributed by atoms with Crippen molar-refractivity contribution in [1.82, 2.24) is 5.32 Å². The van der Waals surface area contributed by atoms with Gasteiger partial charge < -0.3 is 14.8 Å². The predicted octanol–water partition coefficient (Wildman–Crippen LogP) is 3.70. The molecule has 2 rings (SSSR count). The molecule has 0 unspecified atom stereocenters. The van der Waals surface area contributed by atoms with E-state index in [9.17, 15) is 18.0 Å². The molecular formula is C18H18F3NO3. The Morgan fingerprint density at radius 3 is 2.36 bits per heavy atom. The fourth-order valence-electron chi connectivity index (χ4n) is 2.38. The summed E-state index contributed by atoms with van der Waals surface area (Å²) in [4.78, 5) is 12.1. The maximum absolute atomic E-state index is 12.9. The summed E-state index contributed by atoms with van der Waals surface area (Å²) in [6, 6.07) is 10.0. The SMILES string of the molecule is COc1ccc(CCNC(=O)c2ccccc2C(F)(F)F)cc1OC. The van der Waals surface area contributed by atoms with Gasteiger partial charge in [-0.1, -0.05) is 18.2 Å². The molecule has 134 valence electrons. The van der Waals surface area contributed by atoms with Gasteiger partial charge in [0.2, 0.25) is 0 Å². The van der Waals surface area contributed by atoms with Gasteiger partial charge in [-0.25, -0.2) is 0 Å². The van der Waals surface area contributed by atoms with Crippen molar-refractivity contribution in [3.05, 3.63) is 59.2 Å². The average molecular weight is 353 g/mol. The number of carbonyl (C=O) groups excluding carboxylic acids is 1. The molecule has 0 radical (unpaired) electrons. The number of ether oxygens (including phenoxy) is 2. The summed E-state index contributed by atoms with van der Waals surface area (Å²) in [7, 11) is 3.04. The zero-order valence-electron chi connectivity index (χ0n) is 13.8. The van der Waals surface area contributed by atoms with Crippen LogP contribution in [0.25, 0.3) is 0 Å². The first-order chi connectivity index (χ1) is 11.9. The van der Waals surface area contributed by atoms with Crippen LogP contribution in [-0.2, 0) is 12.6 Å². The van der Waals surface area contributed by atoms with E-state index >= 15 is 0 Å². The number of carbonyl (C=O) groups is 1. The molecule has 1 N–H and O–H groups in total. The van der Waals surface area contributed by atoms with E-state index in [1.807, 2.05) is 0 Å². The van der Waals surface area contributed by atoms with Crippen molar-refractivity contribution in [3.63, 3.8) is 0 Å². The van der Waals surface area contributed by atoms with Crippen molar-refractivity contribution in [1.29, 1.82) is 0 Å². The first-order valence-corrected chi connectivity index (χ1v) is 7.52. The van der Waals surface area contributed by atoms with E-state index in [0.717, 1.165) is 17.7 Å². The Kier molecular flexibility index (Phi) is 5.90. The van der Waals surface area contributed by atoms with Crippen LogP contribution in [0, 0.1) is 0 Å². The Labute approximate surface area is 143 Å². The summed E-state index contributed by atoms with van der Waals surface area (Å²) in [6.07, 6.45) is -4.13. The summed E-state index contributed by atoms with van der Waals surface area (Å²) in [6.45, 7) is 0.195. The van der Waals surface area contributed by atoms with E-state index in [2.05, 4.69) is 5.32 Å². The highest BCUT2D eigenvalue weighted by Gasteiger charge is 2.34. The summed E-state index contributed by atoms with van der Waals surface area (Å²) >= 11 is 0. The van der Waals surface area contributed by atoms with Crippen LogP contribution >= 0.6 is 0 Å². The second-order valence-corrected chi connectivity index (χ2v) is 5.24. The molecule has 2 aromatic rings. The lowest BCUT2D eigenvalue weighted by molar-refractivity contribution is -0.137. The van der Waals surface area contributed by atoms with Gasteiger partial charge in [-0.05, 0) is 36.2 Å². The zero-order valence-corrected chi connectivity index (χ0v) is 13.8. The van der Waals surface area contributed by atoms with Gasteiger partial charge >= 0.3 is 6.18 Å². The maximum Gasteiger partial charge on any atom is 0.417 e. The molecule has 4 nitrogen and oxygen atoms in total. The van der Waals surface area contributed by atoms with Crippen LogP contribution in [0.2, 0.25) is 0 Å². The third-order valence-electron chi connectivity index (χ3n) is 3.62. The highest BCUT2D eigenvalue weighted by atomic mass is 19.4. The van der Waals surface area contributed by atoms with Crippen molar-refractivity contribution in [2.24, 2.45) is 0 Å². The molecule has 0 saturated carbocycles. The molecule has 0 aliphatic rings. The molecule has 0 atom stereocenters. The topological polar surface area (TPSA) is 47.6 Å². The van der Waals surface area contributed by atoms with Crippen LogP contribution in [-0.4, -0.2) is 26.7 Å². The lowest BCUT2D eigenvalue weighted by Crippen LogP contribution is -2.28. The van der Waals surface area contributed by atoms with Gasteiger partial charge in [-0.2, -0.15) is 13.2 Å². The quantitative estimate of drug-likeness (QED) is 0.862. The van der Waals surface area contributed by atoms with Gasteiger partial charge in [-0.3, -0.25) is 4.79 Å². The number of methoxy groups -OCH3 is 2. The molecule has 25 heavy (non-hydrogen) atoms. The average Bonchev–Trinajstić information content (AvgIpc) is 2.60. The minimum atomic E-state index is -4.57. The number of amides is 1. The van der Waals surface area contributed by atoms with E-state index in [1.165, 1.54) is 26.4 Å². The van der Waals surface area contributed by atoms with Crippen molar-refractivity contribution in [2.45, 2.75) is 12.6 Å². The number of hydrogen-bond acceptors (Lipinski definition) is 3. The highest BCUT2D eigenvalue weighted by molar-refractivity contribution is 5.95. The molecule has 0 fully saturated rings. The highest BCUT2D eigenvalue weighted by Crippen LogP contribution is 2.31. The molecule has 7 heteroatoms. The second kappa shape index (κ2) is 7.92. The maximum atomic E-state index is 12.9. The number of benzene rings is 2. The van der Waals surface area contributed by atoms with Crippen LogP contribution in [0.5, 0.6) is 11.5 Å². The fourth-order valence-corrected chi connectivity index (χ4v) is 2.38. The Morgan fingerprint density at radius 2 is 1.72 bits per heavy atom. The number of hydrogen-bond donors (Lipinski definition) is 1. The Morgan fingerprint density at radius 1 is 1.04 bits per heavy atom. The van der Waals surface area contributed by atoms with Crippen LogP contribution in [0.4, 0.5) is 13.2 Å². The van der Waals surface area contributed by atoms with Gasteiger partial charge in [0.1, 0.15) is 0 Å². The zero-order chi connectivity index (χ0) is 18.4. The monoisotopic (exact) mass is 353 g/mol. The molecule has 0 bridgehead atoms. The van der Waals surface area contributed by atoms with Crippen LogP contribution < -0.4 is 14.8 Å². The third-order valence-corrected chi connectivity index (χ3v) is 3.62. The minimum absolute atomic E-state index is 0.195. The van der Waals surface area contributed by atoms with E-state index in [4.69, 9.17) is 9.47 Å². The largest absolute Gasteiger partial charge is 0.493 e. The fraction of sp³-hybridized carbons (Fsp3) is 0.278. The number of alkyl halides is 3. The summed E-state index contributed by atoms with van der Waals surface area (Å²) in [5, 5.41) is 2.52. The van der Waals surface area contributed by atoms with E-state index in [1.54, 1.807) is 18.2 Å². The molecule has 0 aliphatic heterocycles. The summed E-state index contributed by atoms with van der Waals surface area (Å²) in [5.74, 6) is 0.372. The minimum Gasteiger partial charge on any atom is -0.493 e. The van der Waals surface area contributed by atoms with Gasteiger partial charge in [-0.15, -0.1) is 0 Å². The third kappa shape index (κ3) is 4.65. The summed E-state index contributed by atoms with van der Waals surface area (Å²) < 4.78 is 49.2. The van der Waals surface area contributed by atoms with Gasteiger partial charge in [0, 0.05) is 6.54 Å². The molecule has 1 amide bonds. The Bertz CT molecular complexity index is 745. The van der Waals surface area contributed by atoms with Crippen LogP contribution in [0.15, 0.2) is 42.5 Å². The van der Waals surface area contributed by atoms with Crippen molar-refractivity contribution < 1.29 is 27.4 Å². The second-order valence-electron chi connectivity index (χ2n) is 5.24. The molecule has 0 aromatic heterocycles. The van der Waals surface area contributed by atoms with E-state index < -0.39 is 17.6 Å². The number of nitrogens with one attached hydrogen (secondary N) is 1. The first kappa shape index (κ1) is 18.6. The molecule has 0 aliphatic carbocycles. The van der Waals surface area contributed by atoms with Crippen molar-refractivity contribution in [2.75, 3.05) is 20.8 Å². The normalized spacial score (nSPS) is 11.1.